The molecule has 1 aromatic heterocycles. The fourth-order valence-corrected chi connectivity index (χ4v) is 3.91. The molecule has 3 atom stereocenters. The average molecular weight is 251 g/mol. The summed E-state index contributed by atoms with van der Waals surface area (Å²) in [5.74, 6) is 0.888. The van der Waals surface area contributed by atoms with Gasteiger partial charge in [0, 0.05) is 17.5 Å². The smallest absolute Gasteiger partial charge is 0.116 e. The predicted octanol–water partition coefficient (Wildman–Crippen LogP) is 2.74. The van der Waals surface area contributed by atoms with Gasteiger partial charge in [0.05, 0.1) is 5.03 Å². The van der Waals surface area contributed by atoms with Crippen LogP contribution in [-0.4, -0.2) is 28.3 Å². The third kappa shape index (κ3) is 3.42. The number of nitrogens with zero attached hydrogens (tertiary/aromatic N) is 2. The van der Waals surface area contributed by atoms with Crippen molar-refractivity contribution >= 4 is 11.8 Å². The molecule has 17 heavy (non-hydrogen) atoms. The lowest BCUT2D eigenvalue weighted by molar-refractivity contribution is 0.304. The molecule has 4 heteroatoms. The van der Waals surface area contributed by atoms with Crippen LogP contribution in [0.4, 0.5) is 0 Å². The summed E-state index contributed by atoms with van der Waals surface area (Å²) >= 11 is 1.90. The molecule has 0 bridgehead atoms. The van der Waals surface area contributed by atoms with E-state index in [1.807, 2.05) is 24.0 Å². The molecule has 1 N–H and O–H groups in total. The van der Waals surface area contributed by atoms with Crippen LogP contribution in [0.3, 0.4) is 0 Å². The molecule has 1 saturated carbocycles. The number of thioether (sulfide) groups is 1. The van der Waals surface area contributed by atoms with Crippen LogP contribution < -0.4 is 5.32 Å². The summed E-state index contributed by atoms with van der Waals surface area (Å²) < 4.78 is 0. The number of aromatic nitrogens is 2. The molecular formula is C13H21N3S. The lowest BCUT2D eigenvalue weighted by Crippen LogP contribution is -2.40. The minimum atomic E-state index is 0.623. The van der Waals surface area contributed by atoms with Crippen LogP contribution in [0.2, 0.25) is 0 Å². The zero-order valence-electron chi connectivity index (χ0n) is 10.6. The molecule has 0 radical (unpaired) electrons. The van der Waals surface area contributed by atoms with Crippen LogP contribution in [0.15, 0.2) is 23.6 Å². The van der Waals surface area contributed by atoms with Gasteiger partial charge in [0.25, 0.3) is 0 Å². The van der Waals surface area contributed by atoms with Crippen LogP contribution in [0, 0.1) is 5.92 Å². The van der Waals surface area contributed by atoms with Crippen molar-refractivity contribution in [3.8, 4) is 0 Å². The molecule has 0 aromatic carbocycles. The summed E-state index contributed by atoms with van der Waals surface area (Å²) in [5.41, 5.74) is 0. The van der Waals surface area contributed by atoms with E-state index in [0.717, 1.165) is 10.9 Å². The second-order valence-electron chi connectivity index (χ2n) is 4.69. The highest BCUT2D eigenvalue weighted by Crippen LogP contribution is 2.36. The maximum Gasteiger partial charge on any atom is 0.116 e. The van der Waals surface area contributed by atoms with Gasteiger partial charge in [-0.1, -0.05) is 13.3 Å². The van der Waals surface area contributed by atoms with E-state index in [2.05, 4.69) is 29.3 Å². The normalized spacial score (nSPS) is 29.2. The molecule has 1 aromatic rings. The van der Waals surface area contributed by atoms with Gasteiger partial charge in [-0.2, -0.15) is 0 Å². The summed E-state index contributed by atoms with van der Waals surface area (Å²) in [4.78, 5) is 8.29. The second-order valence-corrected chi connectivity index (χ2v) is 5.95. The van der Waals surface area contributed by atoms with Crippen LogP contribution in [0.25, 0.3) is 0 Å². The summed E-state index contributed by atoms with van der Waals surface area (Å²) in [7, 11) is 2.07. The molecule has 0 spiro atoms. The van der Waals surface area contributed by atoms with Crippen LogP contribution in [-0.2, 0) is 0 Å². The van der Waals surface area contributed by atoms with E-state index in [0.29, 0.717) is 11.3 Å². The number of nitrogens with one attached hydrogen (secondary N) is 1. The Balaban J connectivity index is 2.00. The van der Waals surface area contributed by atoms with Gasteiger partial charge < -0.3 is 5.32 Å². The van der Waals surface area contributed by atoms with E-state index < -0.39 is 0 Å². The standard InChI is InChI=1S/C13H21N3S/c1-3-10-4-5-11(14-2)12(8-10)17-13-6-7-15-9-16-13/h6-7,9-12,14H,3-5,8H2,1-2H3. The summed E-state index contributed by atoms with van der Waals surface area (Å²) in [5, 5.41) is 5.20. The Hall–Kier alpha value is -0.610. The summed E-state index contributed by atoms with van der Waals surface area (Å²) in [6.07, 6.45) is 8.72. The first kappa shape index (κ1) is 12.8. The predicted molar refractivity (Wildman–Crippen MR) is 72.2 cm³/mol. The van der Waals surface area contributed by atoms with Crippen molar-refractivity contribution in [3.63, 3.8) is 0 Å². The largest absolute Gasteiger partial charge is 0.316 e. The van der Waals surface area contributed by atoms with Gasteiger partial charge in [-0.25, -0.2) is 9.97 Å². The van der Waals surface area contributed by atoms with Crippen molar-refractivity contribution in [3.05, 3.63) is 18.6 Å². The number of hydrogen-bond donors (Lipinski definition) is 1. The van der Waals surface area contributed by atoms with Crippen LogP contribution in [0.1, 0.15) is 32.6 Å². The van der Waals surface area contributed by atoms with E-state index in [9.17, 15) is 0 Å². The molecule has 1 heterocycles. The quantitative estimate of drug-likeness (QED) is 0.835. The molecule has 1 aliphatic rings. The zero-order valence-corrected chi connectivity index (χ0v) is 11.4. The third-order valence-corrected chi connectivity index (χ3v) is 4.98. The van der Waals surface area contributed by atoms with E-state index in [1.165, 1.54) is 25.7 Å². The molecule has 94 valence electrons. The fourth-order valence-electron chi connectivity index (χ4n) is 2.55. The highest BCUT2D eigenvalue weighted by Gasteiger charge is 2.29. The molecule has 0 amide bonds. The first-order chi connectivity index (χ1) is 8.33. The summed E-state index contributed by atoms with van der Waals surface area (Å²) in [6.45, 7) is 2.30. The molecule has 3 nitrogen and oxygen atoms in total. The minimum absolute atomic E-state index is 0.623. The Morgan fingerprint density at radius 3 is 3.00 bits per heavy atom. The van der Waals surface area contributed by atoms with Gasteiger partial charge in [-0.05, 0) is 38.3 Å². The van der Waals surface area contributed by atoms with Gasteiger partial charge in [0.2, 0.25) is 0 Å². The van der Waals surface area contributed by atoms with E-state index >= 15 is 0 Å². The van der Waals surface area contributed by atoms with Crippen molar-refractivity contribution < 1.29 is 0 Å². The molecule has 3 unspecified atom stereocenters. The van der Waals surface area contributed by atoms with E-state index in [-0.39, 0.29) is 0 Å². The Labute approximate surface area is 108 Å². The Morgan fingerprint density at radius 1 is 1.47 bits per heavy atom. The monoisotopic (exact) mass is 251 g/mol. The zero-order chi connectivity index (χ0) is 12.1. The Bertz CT molecular complexity index is 331. The first-order valence-electron chi connectivity index (χ1n) is 6.43. The molecule has 0 aliphatic heterocycles. The van der Waals surface area contributed by atoms with Gasteiger partial charge in [-0.3, -0.25) is 0 Å². The average Bonchev–Trinajstić information content (AvgIpc) is 2.40. The molecular weight excluding hydrogens is 230 g/mol. The Morgan fingerprint density at radius 2 is 2.35 bits per heavy atom. The SMILES string of the molecule is CCC1CCC(NC)C(Sc2ccncn2)C1. The fraction of sp³-hybridized carbons (Fsp3) is 0.692. The van der Waals surface area contributed by atoms with Crippen molar-refractivity contribution in [1.82, 2.24) is 15.3 Å². The van der Waals surface area contributed by atoms with E-state index in [1.54, 1.807) is 6.33 Å². The van der Waals surface area contributed by atoms with Gasteiger partial charge in [0.15, 0.2) is 0 Å². The van der Waals surface area contributed by atoms with Crippen molar-refractivity contribution in [2.24, 2.45) is 5.92 Å². The molecule has 1 fully saturated rings. The van der Waals surface area contributed by atoms with Gasteiger partial charge in [0.1, 0.15) is 6.33 Å². The highest BCUT2D eigenvalue weighted by molar-refractivity contribution is 7.99. The number of rotatable bonds is 4. The second kappa shape index (κ2) is 6.36. The maximum absolute atomic E-state index is 4.32. The first-order valence-corrected chi connectivity index (χ1v) is 7.31. The van der Waals surface area contributed by atoms with Crippen molar-refractivity contribution in [1.29, 1.82) is 0 Å². The molecule has 2 rings (SSSR count). The Kier molecular flexibility index (Phi) is 4.80. The van der Waals surface area contributed by atoms with E-state index in [4.69, 9.17) is 0 Å². The van der Waals surface area contributed by atoms with Crippen LogP contribution in [0.5, 0.6) is 0 Å². The van der Waals surface area contributed by atoms with Crippen molar-refractivity contribution in [2.75, 3.05) is 7.05 Å². The maximum atomic E-state index is 4.32. The third-order valence-electron chi connectivity index (χ3n) is 3.68. The lowest BCUT2D eigenvalue weighted by Gasteiger charge is -2.35. The van der Waals surface area contributed by atoms with Crippen molar-refractivity contribution in [2.45, 2.75) is 48.9 Å². The molecule has 0 saturated heterocycles. The highest BCUT2D eigenvalue weighted by atomic mass is 32.2. The number of hydrogen-bond acceptors (Lipinski definition) is 4. The molecule has 1 aliphatic carbocycles. The lowest BCUT2D eigenvalue weighted by atomic mass is 9.84. The minimum Gasteiger partial charge on any atom is -0.316 e. The van der Waals surface area contributed by atoms with Gasteiger partial charge >= 0.3 is 0 Å². The topological polar surface area (TPSA) is 37.8 Å². The summed E-state index contributed by atoms with van der Waals surface area (Å²) in [6, 6.07) is 2.63. The van der Waals surface area contributed by atoms with Crippen LogP contribution >= 0.6 is 11.8 Å². The van der Waals surface area contributed by atoms with Gasteiger partial charge in [-0.15, -0.1) is 11.8 Å².